The second-order valence-corrected chi connectivity index (χ2v) is 11.7. The number of phenols is 1. The summed E-state index contributed by atoms with van der Waals surface area (Å²) in [4.78, 5) is 42.3. The average molecular weight is 608 g/mol. The van der Waals surface area contributed by atoms with E-state index in [1.54, 1.807) is 11.8 Å². The number of Topliss-reactive ketones (excluding diaryl/α,β-unsaturated/α-hetero) is 2. The number of nitrogens with zero attached hydrogens (tertiary/aromatic N) is 1. The predicted octanol–water partition coefficient (Wildman–Crippen LogP) is 3.23. The topological polar surface area (TPSA) is 162 Å². The molecule has 3 aliphatic carbocycles. The van der Waals surface area contributed by atoms with Crippen LogP contribution >= 0.6 is 0 Å². The third kappa shape index (κ3) is 4.46. The number of carbonyl (C=O) groups is 3. The lowest BCUT2D eigenvalue weighted by Gasteiger charge is -2.52. The number of hydrogen-bond donors (Lipinski definition) is 5. The molecular weight excluding hydrogens is 571 g/mol. The van der Waals surface area contributed by atoms with Crippen molar-refractivity contribution < 1.29 is 47.6 Å². The first-order valence-corrected chi connectivity index (χ1v) is 14.5. The van der Waals surface area contributed by atoms with Gasteiger partial charge < -0.3 is 31.1 Å². The van der Waals surface area contributed by atoms with E-state index in [0.29, 0.717) is 38.9 Å². The fourth-order valence-electron chi connectivity index (χ4n) is 7.83. The summed E-state index contributed by atoms with van der Waals surface area (Å²) in [5.41, 5.74) is 0.0832. The maximum absolute atomic E-state index is 14.7. The van der Waals surface area contributed by atoms with Crippen LogP contribution in [0.3, 0.4) is 0 Å². The van der Waals surface area contributed by atoms with Crippen LogP contribution in [0.5, 0.6) is 5.75 Å². The van der Waals surface area contributed by atoms with Gasteiger partial charge in [0.15, 0.2) is 11.4 Å². The molecule has 6 N–H and O–H groups in total. The Balaban J connectivity index is 1.78. The standard InChI is InChI=1S/C30H36F3N3O7/c1-4-9-36(5-2)23-16-11-13-10-15-20(18(37)12-14(17-7-6-8-35-17)22(15)30(31,32)33)24(38)19(13)26(40)29(16,43-3)27(41)21(25(23)39)28(34)42/h12-13,16-17,23,35,37-38,41H,4-11H2,1-3H3,(H2,34,42)/t13-,16-,17?,23-,29-/m0/s1. The SMILES string of the molecule is CCCN(CC)[C@@H]1C(=O)C(C(N)=O)=C(O)[C@@]2(OC)C(=O)C3=C(O)c4c(O)cc(C5CCCN5)c(C(F)(F)F)c4C[C@H]3C[C@@H]12. The highest BCUT2D eigenvalue weighted by Crippen LogP contribution is 2.56. The van der Waals surface area contributed by atoms with Crippen molar-refractivity contribution in [3.05, 3.63) is 45.2 Å². The lowest BCUT2D eigenvalue weighted by molar-refractivity contribution is -0.160. The third-order valence-corrected chi connectivity index (χ3v) is 9.52. The molecule has 4 aliphatic rings. The zero-order chi connectivity index (χ0) is 31.6. The number of phenolic OH excluding ortho intramolecular Hbond substituents is 1. The molecule has 13 heteroatoms. The van der Waals surface area contributed by atoms with E-state index in [0.717, 1.165) is 13.2 Å². The highest BCUT2D eigenvalue weighted by Gasteiger charge is 2.66. The number of aliphatic hydroxyl groups excluding tert-OH is 2. The first-order chi connectivity index (χ1) is 20.3. The van der Waals surface area contributed by atoms with Crippen molar-refractivity contribution in [3.63, 3.8) is 0 Å². The summed E-state index contributed by atoms with van der Waals surface area (Å²) >= 11 is 0. The number of nitrogens with two attached hydrogens (primary N) is 1. The Morgan fingerprint density at radius 1 is 1.23 bits per heavy atom. The Bertz CT molecular complexity index is 1450. The number of hydrogen-bond acceptors (Lipinski definition) is 9. The maximum atomic E-state index is 14.7. The molecule has 1 amide bonds. The number of rotatable bonds is 7. The predicted molar refractivity (Wildman–Crippen MR) is 148 cm³/mol. The van der Waals surface area contributed by atoms with Crippen molar-refractivity contribution >= 4 is 23.2 Å². The summed E-state index contributed by atoms with van der Waals surface area (Å²) in [7, 11) is 1.11. The Hall–Kier alpha value is -3.42. The van der Waals surface area contributed by atoms with E-state index in [9.17, 15) is 42.9 Å². The molecule has 10 nitrogen and oxygen atoms in total. The number of benzene rings is 1. The number of nitrogens with one attached hydrogen (secondary N) is 1. The number of likely N-dealkylation sites (N-methyl/N-ethyl adjacent to an activating group) is 1. The van der Waals surface area contributed by atoms with Gasteiger partial charge in [-0.05, 0) is 74.8 Å². The molecule has 1 saturated carbocycles. The van der Waals surface area contributed by atoms with Crippen molar-refractivity contribution in [2.24, 2.45) is 17.6 Å². The number of amides is 1. The number of aromatic hydroxyl groups is 1. The van der Waals surface area contributed by atoms with Crippen LogP contribution in [0.2, 0.25) is 0 Å². The molecule has 1 heterocycles. The minimum Gasteiger partial charge on any atom is -0.508 e. The molecule has 1 aromatic rings. The summed E-state index contributed by atoms with van der Waals surface area (Å²) in [5, 5.41) is 36.8. The number of halogens is 3. The van der Waals surface area contributed by atoms with E-state index >= 15 is 0 Å². The Labute approximate surface area is 246 Å². The Kier molecular flexibility index (Phi) is 7.89. The molecule has 0 spiro atoms. The van der Waals surface area contributed by atoms with E-state index in [4.69, 9.17) is 10.5 Å². The molecule has 1 saturated heterocycles. The average Bonchev–Trinajstić information content (AvgIpc) is 3.46. The Morgan fingerprint density at radius 2 is 1.93 bits per heavy atom. The number of methoxy groups -OCH3 is 1. The third-order valence-electron chi connectivity index (χ3n) is 9.52. The smallest absolute Gasteiger partial charge is 0.417 e. The number of fused-ring (bicyclic) bond motifs is 3. The zero-order valence-electron chi connectivity index (χ0n) is 24.2. The summed E-state index contributed by atoms with van der Waals surface area (Å²) in [6.07, 6.45) is -3.68. The summed E-state index contributed by atoms with van der Waals surface area (Å²) in [6.45, 7) is 4.84. The fourth-order valence-corrected chi connectivity index (χ4v) is 7.83. The molecule has 0 radical (unpaired) electrons. The second-order valence-electron chi connectivity index (χ2n) is 11.7. The molecule has 234 valence electrons. The highest BCUT2D eigenvalue weighted by molar-refractivity contribution is 6.24. The number of ketones is 2. The monoisotopic (exact) mass is 607 g/mol. The van der Waals surface area contributed by atoms with E-state index < -0.39 is 87.1 Å². The van der Waals surface area contributed by atoms with Gasteiger partial charge in [-0.3, -0.25) is 19.3 Å². The molecule has 0 bridgehead atoms. The van der Waals surface area contributed by atoms with Gasteiger partial charge in [-0.2, -0.15) is 13.2 Å². The number of primary amides is 1. The molecule has 1 unspecified atom stereocenters. The van der Waals surface area contributed by atoms with Crippen LogP contribution in [-0.2, 0) is 31.7 Å². The van der Waals surface area contributed by atoms with Gasteiger partial charge in [0.25, 0.3) is 5.91 Å². The van der Waals surface area contributed by atoms with Crippen molar-refractivity contribution in [1.29, 1.82) is 0 Å². The maximum Gasteiger partial charge on any atom is 0.417 e. The summed E-state index contributed by atoms with van der Waals surface area (Å²) in [5.74, 6) is -7.68. The molecule has 5 atom stereocenters. The Morgan fingerprint density at radius 3 is 2.47 bits per heavy atom. The van der Waals surface area contributed by atoms with E-state index in [1.807, 2.05) is 6.92 Å². The van der Waals surface area contributed by atoms with Crippen LogP contribution in [0.25, 0.3) is 5.76 Å². The van der Waals surface area contributed by atoms with Crippen molar-refractivity contribution in [3.8, 4) is 5.75 Å². The van der Waals surface area contributed by atoms with E-state index in [-0.39, 0.29) is 29.5 Å². The van der Waals surface area contributed by atoms with Crippen molar-refractivity contribution in [2.75, 3.05) is 26.7 Å². The molecule has 5 rings (SSSR count). The number of carbonyl (C=O) groups excluding carboxylic acids is 3. The molecule has 0 aromatic heterocycles. The van der Waals surface area contributed by atoms with Gasteiger partial charge in [0, 0.05) is 24.6 Å². The van der Waals surface area contributed by atoms with Gasteiger partial charge in [0.05, 0.1) is 17.2 Å². The highest BCUT2D eigenvalue weighted by atomic mass is 19.4. The summed E-state index contributed by atoms with van der Waals surface area (Å²) < 4.78 is 49.9. The lowest BCUT2D eigenvalue weighted by Crippen LogP contribution is -2.67. The molecule has 43 heavy (non-hydrogen) atoms. The summed E-state index contributed by atoms with van der Waals surface area (Å²) in [6, 6.07) is -0.843. The lowest BCUT2D eigenvalue weighted by atomic mass is 9.57. The first-order valence-electron chi connectivity index (χ1n) is 14.5. The van der Waals surface area contributed by atoms with Crippen LogP contribution in [0.4, 0.5) is 13.2 Å². The van der Waals surface area contributed by atoms with Crippen LogP contribution in [0, 0.1) is 11.8 Å². The van der Waals surface area contributed by atoms with Gasteiger partial charge in [-0.1, -0.05) is 13.8 Å². The normalized spacial score (nSPS) is 29.2. The number of ether oxygens (including phenoxy) is 1. The van der Waals surface area contributed by atoms with Crippen LogP contribution in [0.15, 0.2) is 23.0 Å². The van der Waals surface area contributed by atoms with E-state index in [2.05, 4.69) is 5.32 Å². The number of alkyl halides is 3. The fraction of sp³-hybridized carbons (Fsp3) is 0.567. The largest absolute Gasteiger partial charge is 0.508 e. The van der Waals surface area contributed by atoms with Crippen LogP contribution in [-0.4, -0.2) is 76.1 Å². The minimum absolute atomic E-state index is 0.136. The van der Waals surface area contributed by atoms with Gasteiger partial charge in [0.2, 0.25) is 5.78 Å². The van der Waals surface area contributed by atoms with Gasteiger partial charge in [-0.15, -0.1) is 0 Å². The van der Waals surface area contributed by atoms with Crippen LogP contribution < -0.4 is 11.1 Å². The van der Waals surface area contributed by atoms with Gasteiger partial charge in [-0.25, -0.2) is 0 Å². The molecule has 1 aliphatic heterocycles. The molecule has 1 aromatic carbocycles. The van der Waals surface area contributed by atoms with Crippen molar-refractivity contribution in [1.82, 2.24) is 10.2 Å². The zero-order valence-corrected chi connectivity index (χ0v) is 24.2. The van der Waals surface area contributed by atoms with Gasteiger partial charge >= 0.3 is 6.18 Å². The molecular formula is C30H36F3N3O7. The molecule has 2 fully saturated rings. The van der Waals surface area contributed by atoms with E-state index in [1.165, 1.54) is 0 Å². The second kappa shape index (κ2) is 10.9. The van der Waals surface area contributed by atoms with Crippen molar-refractivity contribution in [2.45, 2.75) is 69.8 Å². The van der Waals surface area contributed by atoms with Crippen LogP contribution in [0.1, 0.15) is 67.8 Å². The quantitative estimate of drug-likeness (QED) is 0.293. The minimum atomic E-state index is -4.84. The van der Waals surface area contributed by atoms with Gasteiger partial charge in [0.1, 0.15) is 22.8 Å². The first kappa shape index (κ1) is 31.0. The number of aliphatic hydroxyl groups is 2.